The molecule has 2 nitrogen and oxygen atoms in total. The smallest absolute Gasteiger partial charge is 0.252 e. The second kappa shape index (κ2) is 5.11. The molecule has 1 aromatic rings. The fourth-order valence-corrected chi connectivity index (χ4v) is 1.93. The number of rotatable bonds is 2. The molecule has 76 valence electrons. The van der Waals surface area contributed by atoms with Crippen LogP contribution in [-0.2, 0) is 0 Å². The highest BCUT2D eigenvalue weighted by atomic mass is 127. The maximum absolute atomic E-state index is 11.7. The molecule has 0 radical (unpaired) electrons. The third-order valence-corrected chi connectivity index (χ3v) is 2.96. The zero-order valence-corrected chi connectivity index (χ0v) is 11.7. The molecule has 0 heterocycles. The Morgan fingerprint density at radius 1 is 1.50 bits per heavy atom. The Labute approximate surface area is 106 Å². The molecule has 1 rings (SSSR count). The lowest BCUT2D eigenvalue weighted by molar-refractivity contribution is 0.0942. The summed E-state index contributed by atoms with van der Waals surface area (Å²) >= 11 is 5.55. The van der Waals surface area contributed by atoms with Gasteiger partial charge in [0.2, 0.25) is 0 Å². The molecule has 0 fully saturated rings. The van der Waals surface area contributed by atoms with Crippen molar-refractivity contribution in [2.45, 2.75) is 19.9 Å². The van der Waals surface area contributed by atoms with Gasteiger partial charge in [-0.05, 0) is 70.6 Å². The average Bonchev–Trinajstić information content (AvgIpc) is 2.08. The van der Waals surface area contributed by atoms with Crippen LogP contribution in [0.5, 0.6) is 0 Å². The lowest BCUT2D eigenvalue weighted by Gasteiger charge is -2.09. The normalized spacial score (nSPS) is 10.4. The number of halogens is 2. The molecular weight excluding hydrogens is 357 g/mol. The van der Waals surface area contributed by atoms with Gasteiger partial charge in [0.25, 0.3) is 5.91 Å². The highest BCUT2D eigenvalue weighted by molar-refractivity contribution is 14.1. The summed E-state index contributed by atoms with van der Waals surface area (Å²) in [5.74, 6) is -0.0367. The maximum Gasteiger partial charge on any atom is 0.252 e. The summed E-state index contributed by atoms with van der Waals surface area (Å²) in [6.07, 6.45) is 0. The van der Waals surface area contributed by atoms with E-state index in [1.807, 2.05) is 32.0 Å². The number of nitrogens with one attached hydrogen (secondary N) is 1. The lowest BCUT2D eigenvalue weighted by atomic mass is 10.2. The first kappa shape index (κ1) is 12.0. The van der Waals surface area contributed by atoms with E-state index >= 15 is 0 Å². The number of hydrogen-bond donors (Lipinski definition) is 1. The number of amides is 1. The third kappa shape index (κ3) is 3.24. The topological polar surface area (TPSA) is 29.1 Å². The van der Waals surface area contributed by atoms with Crippen LogP contribution in [0.2, 0.25) is 0 Å². The zero-order valence-electron chi connectivity index (χ0n) is 7.97. The molecule has 0 aliphatic heterocycles. The molecule has 0 unspecified atom stereocenters. The minimum atomic E-state index is -0.0367. The molecular formula is C10H11BrINO. The van der Waals surface area contributed by atoms with E-state index in [1.165, 1.54) is 0 Å². The first-order chi connectivity index (χ1) is 6.50. The standard InChI is InChI=1S/C10H11BrINO/c1-6(2)13-10(14)8-5-7(12)3-4-9(8)11/h3-6H,1-2H3,(H,13,14). The van der Waals surface area contributed by atoms with Gasteiger partial charge in [0.15, 0.2) is 0 Å². The fraction of sp³-hybridized carbons (Fsp3) is 0.300. The summed E-state index contributed by atoms with van der Waals surface area (Å²) in [6.45, 7) is 3.89. The van der Waals surface area contributed by atoms with Gasteiger partial charge in [0.05, 0.1) is 5.56 Å². The van der Waals surface area contributed by atoms with E-state index in [-0.39, 0.29) is 11.9 Å². The molecule has 1 N–H and O–H groups in total. The van der Waals surface area contributed by atoms with E-state index in [0.29, 0.717) is 5.56 Å². The molecule has 0 aliphatic rings. The van der Waals surface area contributed by atoms with Crippen molar-refractivity contribution in [3.63, 3.8) is 0 Å². The molecule has 14 heavy (non-hydrogen) atoms. The Hall–Kier alpha value is -0.100. The molecule has 1 aromatic carbocycles. The van der Waals surface area contributed by atoms with Crippen molar-refractivity contribution in [2.24, 2.45) is 0 Å². The van der Waals surface area contributed by atoms with Gasteiger partial charge in [-0.15, -0.1) is 0 Å². The lowest BCUT2D eigenvalue weighted by Crippen LogP contribution is -2.30. The van der Waals surface area contributed by atoms with Crippen LogP contribution in [0.15, 0.2) is 22.7 Å². The highest BCUT2D eigenvalue weighted by Crippen LogP contribution is 2.19. The van der Waals surface area contributed by atoms with E-state index in [2.05, 4.69) is 43.8 Å². The predicted octanol–water partition coefficient (Wildman–Crippen LogP) is 3.19. The Bertz CT molecular complexity index is 352. The second-order valence-corrected chi connectivity index (χ2v) is 5.35. The highest BCUT2D eigenvalue weighted by Gasteiger charge is 2.10. The SMILES string of the molecule is CC(C)NC(=O)c1cc(I)ccc1Br. The monoisotopic (exact) mass is 367 g/mol. The molecule has 0 aromatic heterocycles. The summed E-state index contributed by atoms with van der Waals surface area (Å²) in [6, 6.07) is 5.86. The Kier molecular flexibility index (Phi) is 4.37. The van der Waals surface area contributed by atoms with E-state index < -0.39 is 0 Å². The summed E-state index contributed by atoms with van der Waals surface area (Å²) < 4.78 is 1.88. The molecule has 1 amide bonds. The van der Waals surface area contributed by atoms with Gasteiger partial charge in [-0.25, -0.2) is 0 Å². The van der Waals surface area contributed by atoms with Crippen LogP contribution >= 0.6 is 38.5 Å². The molecule has 0 bridgehead atoms. The first-order valence-corrected chi connectivity index (χ1v) is 6.14. The first-order valence-electron chi connectivity index (χ1n) is 4.26. The fourth-order valence-electron chi connectivity index (χ4n) is 1.01. The van der Waals surface area contributed by atoms with Gasteiger partial charge in [0, 0.05) is 14.1 Å². The van der Waals surface area contributed by atoms with Crippen LogP contribution in [0.1, 0.15) is 24.2 Å². The molecule has 0 saturated carbocycles. The van der Waals surface area contributed by atoms with E-state index in [4.69, 9.17) is 0 Å². The Morgan fingerprint density at radius 2 is 2.14 bits per heavy atom. The minimum Gasteiger partial charge on any atom is -0.350 e. The van der Waals surface area contributed by atoms with Crippen molar-refractivity contribution >= 4 is 44.4 Å². The van der Waals surface area contributed by atoms with Gasteiger partial charge in [0.1, 0.15) is 0 Å². The quantitative estimate of drug-likeness (QED) is 0.799. The van der Waals surface area contributed by atoms with E-state index in [1.54, 1.807) is 0 Å². The molecule has 0 aliphatic carbocycles. The maximum atomic E-state index is 11.7. The average molecular weight is 368 g/mol. The van der Waals surface area contributed by atoms with Crippen LogP contribution in [0.25, 0.3) is 0 Å². The van der Waals surface area contributed by atoms with Gasteiger partial charge < -0.3 is 5.32 Å². The van der Waals surface area contributed by atoms with Gasteiger partial charge in [-0.1, -0.05) is 0 Å². The Balaban J connectivity index is 2.94. The number of carbonyl (C=O) groups is 1. The van der Waals surface area contributed by atoms with Crippen LogP contribution < -0.4 is 5.32 Å². The third-order valence-electron chi connectivity index (χ3n) is 1.59. The van der Waals surface area contributed by atoms with Crippen molar-refractivity contribution in [3.8, 4) is 0 Å². The van der Waals surface area contributed by atoms with Crippen LogP contribution in [0.4, 0.5) is 0 Å². The molecule has 0 spiro atoms. The van der Waals surface area contributed by atoms with Crippen LogP contribution in [-0.4, -0.2) is 11.9 Å². The van der Waals surface area contributed by atoms with Crippen molar-refractivity contribution in [3.05, 3.63) is 31.8 Å². The minimum absolute atomic E-state index is 0.0367. The summed E-state index contributed by atoms with van der Waals surface area (Å²) in [4.78, 5) is 11.7. The molecule has 0 saturated heterocycles. The van der Waals surface area contributed by atoms with Crippen molar-refractivity contribution in [1.82, 2.24) is 5.32 Å². The van der Waals surface area contributed by atoms with Gasteiger partial charge in [-0.3, -0.25) is 4.79 Å². The summed E-state index contributed by atoms with van der Waals surface area (Å²) in [5.41, 5.74) is 0.686. The summed E-state index contributed by atoms with van der Waals surface area (Å²) in [7, 11) is 0. The molecule has 0 atom stereocenters. The van der Waals surface area contributed by atoms with E-state index in [0.717, 1.165) is 8.04 Å². The van der Waals surface area contributed by atoms with Crippen molar-refractivity contribution < 1.29 is 4.79 Å². The second-order valence-electron chi connectivity index (χ2n) is 3.25. The van der Waals surface area contributed by atoms with Crippen LogP contribution in [0.3, 0.4) is 0 Å². The van der Waals surface area contributed by atoms with E-state index in [9.17, 15) is 4.79 Å². The molecule has 4 heteroatoms. The predicted molar refractivity (Wildman–Crippen MR) is 69.5 cm³/mol. The summed E-state index contributed by atoms with van der Waals surface area (Å²) in [5, 5.41) is 2.85. The number of hydrogen-bond acceptors (Lipinski definition) is 1. The number of benzene rings is 1. The zero-order chi connectivity index (χ0) is 10.7. The van der Waals surface area contributed by atoms with Gasteiger partial charge in [-0.2, -0.15) is 0 Å². The van der Waals surface area contributed by atoms with Crippen molar-refractivity contribution in [1.29, 1.82) is 0 Å². The Morgan fingerprint density at radius 3 is 2.71 bits per heavy atom. The van der Waals surface area contributed by atoms with Gasteiger partial charge >= 0.3 is 0 Å². The number of carbonyl (C=O) groups excluding carboxylic acids is 1. The van der Waals surface area contributed by atoms with Crippen molar-refractivity contribution in [2.75, 3.05) is 0 Å². The largest absolute Gasteiger partial charge is 0.350 e. The van der Waals surface area contributed by atoms with Crippen LogP contribution in [0, 0.1) is 3.57 Å².